The number of carbonyl (C=O) groups excluding carboxylic acids is 1. The first-order valence-corrected chi connectivity index (χ1v) is 9.41. The molecule has 0 aromatic heterocycles. The van der Waals surface area contributed by atoms with E-state index in [1.165, 1.54) is 7.11 Å². The van der Waals surface area contributed by atoms with Crippen molar-refractivity contribution in [3.05, 3.63) is 58.6 Å². The highest BCUT2D eigenvalue weighted by Gasteiger charge is 2.14. The van der Waals surface area contributed by atoms with Gasteiger partial charge in [-0.25, -0.2) is 4.79 Å². The van der Waals surface area contributed by atoms with E-state index in [0.717, 1.165) is 31.4 Å². The number of esters is 1. The first kappa shape index (κ1) is 20.2. The van der Waals surface area contributed by atoms with Crippen LogP contribution < -0.4 is 4.74 Å². The van der Waals surface area contributed by atoms with E-state index in [4.69, 9.17) is 30.5 Å². The maximum Gasteiger partial charge on any atom is 0.341 e. The van der Waals surface area contributed by atoms with Crippen LogP contribution in [-0.4, -0.2) is 32.6 Å². The van der Waals surface area contributed by atoms with Gasteiger partial charge in [0.05, 0.1) is 7.11 Å². The second kappa shape index (κ2) is 10.1. The molecule has 0 spiro atoms. The Labute approximate surface area is 169 Å². The molecule has 0 bridgehead atoms. The monoisotopic (exact) mass is 400 g/mol. The number of methoxy groups -OCH3 is 1. The molecule has 1 fully saturated rings. The molecule has 2 aromatic carbocycles. The largest absolute Gasteiger partial charge is 0.465 e. The van der Waals surface area contributed by atoms with E-state index in [1.807, 2.05) is 12.1 Å². The molecule has 146 valence electrons. The molecular weight excluding hydrogens is 380 g/mol. The SMILES string of the molecule is COC(=O)c1ccc(Cl)cc1Oc1ccc(C#CCOC2CCCCO2)cc1. The second-order valence-electron chi connectivity index (χ2n) is 6.17. The van der Waals surface area contributed by atoms with Crippen molar-refractivity contribution in [3.63, 3.8) is 0 Å². The van der Waals surface area contributed by atoms with Gasteiger partial charge in [0.25, 0.3) is 0 Å². The van der Waals surface area contributed by atoms with Crippen LogP contribution >= 0.6 is 11.6 Å². The smallest absolute Gasteiger partial charge is 0.341 e. The molecule has 0 N–H and O–H groups in total. The minimum Gasteiger partial charge on any atom is -0.465 e. The first-order chi connectivity index (χ1) is 13.7. The molecule has 0 aliphatic carbocycles. The fourth-order valence-electron chi connectivity index (χ4n) is 2.71. The Morgan fingerprint density at radius 2 is 2.04 bits per heavy atom. The predicted octanol–water partition coefficient (Wildman–Crippen LogP) is 4.81. The van der Waals surface area contributed by atoms with Crippen LogP contribution in [0.3, 0.4) is 0 Å². The summed E-state index contributed by atoms with van der Waals surface area (Å²) in [7, 11) is 1.32. The highest BCUT2D eigenvalue weighted by molar-refractivity contribution is 6.30. The van der Waals surface area contributed by atoms with E-state index >= 15 is 0 Å². The Morgan fingerprint density at radius 3 is 2.75 bits per heavy atom. The van der Waals surface area contributed by atoms with E-state index in [2.05, 4.69) is 11.8 Å². The van der Waals surface area contributed by atoms with Gasteiger partial charge in [-0.05, 0) is 55.7 Å². The summed E-state index contributed by atoms with van der Waals surface area (Å²) in [5.41, 5.74) is 1.14. The normalized spacial score (nSPS) is 16.0. The van der Waals surface area contributed by atoms with E-state index in [9.17, 15) is 4.79 Å². The third kappa shape index (κ3) is 5.74. The van der Waals surface area contributed by atoms with Crippen molar-refractivity contribution in [1.82, 2.24) is 0 Å². The summed E-state index contributed by atoms with van der Waals surface area (Å²) >= 11 is 6.01. The molecule has 5 nitrogen and oxygen atoms in total. The molecule has 6 heteroatoms. The highest BCUT2D eigenvalue weighted by Crippen LogP contribution is 2.29. The fraction of sp³-hybridized carbons (Fsp3) is 0.318. The standard InChI is InChI=1S/C22H21ClO5/c1-25-22(24)19-12-9-17(23)15-20(19)28-18-10-7-16(8-11-18)5-4-14-27-21-6-2-3-13-26-21/h7-12,15,21H,2-3,6,13-14H2,1H3. The maximum atomic E-state index is 11.9. The van der Waals surface area contributed by atoms with Crippen molar-refractivity contribution in [2.45, 2.75) is 25.6 Å². The van der Waals surface area contributed by atoms with Crippen LogP contribution in [0.2, 0.25) is 5.02 Å². The average molecular weight is 401 g/mol. The Bertz CT molecular complexity index is 861. The fourth-order valence-corrected chi connectivity index (χ4v) is 2.87. The van der Waals surface area contributed by atoms with Crippen molar-refractivity contribution in [1.29, 1.82) is 0 Å². The van der Waals surface area contributed by atoms with Gasteiger partial charge in [-0.1, -0.05) is 23.4 Å². The molecule has 28 heavy (non-hydrogen) atoms. The molecule has 0 saturated carbocycles. The van der Waals surface area contributed by atoms with Gasteiger partial charge in [0.15, 0.2) is 6.29 Å². The number of rotatable bonds is 5. The lowest BCUT2D eigenvalue weighted by Crippen LogP contribution is -2.22. The van der Waals surface area contributed by atoms with Gasteiger partial charge in [0, 0.05) is 23.3 Å². The molecule has 2 aromatic rings. The lowest BCUT2D eigenvalue weighted by molar-refractivity contribution is -0.154. The summed E-state index contributed by atoms with van der Waals surface area (Å²) in [4.78, 5) is 11.9. The van der Waals surface area contributed by atoms with Crippen molar-refractivity contribution < 1.29 is 23.7 Å². The molecular formula is C22H21ClO5. The van der Waals surface area contributed by atoms with Crippen LogP contribution in [0.1, 0.15) is 35.2 Å². The molecule has 1 aliphatic rings. The van der Waals surface area contributed by atoms with Crippen LogP contribution in [0, 0.1) is 11.8 Å². The summed E-state index contributed by atoms with van der Waals surface area (Å²) in [6.07, 6.45) is 3.01. The van der Waals surface area contributed by atoms with Crippen LogP contribution in [0.15, 0.2) is 42.5 Å². The van der Waals surface area contributed by atoms with E-state index < -0.39 is 5.97 Å². The Hall–Kier alpha value is -2.52. The first-order valence-electron chi connectivity index (χ1n) is 9.03. The van der Waals surface area contributed by atoms with E-state index in [0.29, 0.717) is 28.7 Å². The molecule has 0 radical (unpaired) electrons. The summed E-state index contributed by atoms with van der Waals surface area (Å²) in [5.74, 6) is 6.43. The Kier molecular flexibility index (Phi) is 7.32. The number of ether oxygens (including phenoxy) is 4. The zero-order valence-electron chi connectivity index (χ0n) is 15.6. The molecule has 1 aliphatic heterocycles. The Balaban J connectivity index is 1.60. The molecule has 1 atom stereocenters. The van der Waals surface area contributed by atoms with Gasteiger partial charge in [-0.2, -0.15) is 0 Å². The van der Waals surface area contributed by atoms with Gasteiger partial charge in [0.1, 0.15) is 23.7 Å². The second-order valence-corrected chi connectivity index (χ2v) is 6.60. The van der Waals surface area contributed by atoms with Crippen molar-refractivity contribution in [2.24, 2.45) is 0 Å². The van der Waals surface area contributed by atoms with Crippen LogP contribution in [0.25, 0.3) is 0 Å². The minimum atomic E-state index is -0.490. The summed E-state index contributed by atoms with van der Waals surface area (Å²) in [5, 5.41) is 0.465. The van der Waals surface area contributed by atoms with Crippen molar-refractivity contribution in [3.8, 4) is 23.3 Å². The minimum absolute atomic E-state index is 0.138. The lowest BCUT2D eigenvalue weighted by Gasteiger charge is -2.21. The highest BCUT2D eigenvalue weighted by atomic mass is 35.5. The van der Waals surface area contributed by atoms with Crippen LogP contribution in [0.4, 0.5) is 0 Å². The molecule has 1 unspecified atom stereocenters. The quantitative estimate of drug-likeness (QED) is 0.532. The van der Waals surface area contributed by atoms with Gasteiger partial charge in [0.2, 0.25) is 0 Å². The van der Waals surface area contributed by atoms with E-state index in [1.54, 1.807) is 30.3 Å². The molecule has 0 amide bonds. The number of halogens is 1. The molecule has 3 rings (SSSR count). The van der Waals surface area contributed by atoms with Gasteiger partial charge in [-0.3, -0.25) is 0 Å². The van der Waals surface area contributed by atoms with Gasteiger partial charge in [-0.15, -0.1) is 0 Å². The number of benzene rings is 2. The topological polar surface area (TPSA) is 54.0 Å². The molecule has 1 heterocycles. The van der Waals surface area contributed by atoms with Crippen LogP contribution in [-0.2, 0) is 14.2 Å². The number of hydrogen-bond acceptors (Lipinski definition) is 5. The number of hydrogen-bond donors (Lipinski definition) is 0. The third-order valence-electron chi connectivity index (χ3n) is 4.14. The third-order valence-corrected chi connectivity index (χ3v) is 4.38. The average Bonchev–Trinajstić information content (AvgIpc) is 2.73. The van der Waals surface area contributed by atoms with E-state index in [-0.39, 0.29) is 6.29 Å². The van der Waals surface area contributed by atoms with Gasteiger partial charge < -0.3 is 18.9 Å². The van der Waals surface area contributed by atoms with Crippen molar-refractivity contribution in [2.75, 3.05) is 20.3 Å². The maximum absolute atomic E-state index is 11.9. The summed E-state index contributed by atoms with van der Waals surface area (Å²) in [6.45, 7) is 1.08. The summed E-state index contributed by atoms with van der Waals surface area (Å²) < 4.78 is 21.7. The van der Waals surface area contributed by atoms with Crippen LogP contribution in [0.5, 0.6) is 11.5 Å². The zero-order chi connectivity index (χ0) is 19.8. The lowest BCUT2D eigenvalue weighted by atomic mass is 10.2. The Morgan fingerprint density at radius 1 is 1.21 bits per heavy atom. The zero-order valence-corrected chi connectivity index (χ0v) is 16.3. The predicted molar refractivity (Wildman–Crippen MR) is 106 cm³/mol. The molecule has 1 saturated heterocycles. The summed E-state index contributed by atoms with van der Waals surface area (Å²) in [6, 6.07) is 12.0. The number of carbonyl (C=O) groups is 1. The van der Waals surface area contributed by atoms with Gasteiger partial charge >= 0.3 is 5.97 Å². The van der Waals surface area contributed by atoms with Crippen molar-refractivity contribution >= 4 is 17.6 Å².